The van der Waals surface area contributed by atoms with Crippen LogP contribution >= 0.6 is 15.9 Å². The number of halogens is 1. The van der Waals surface area contributed by atoms with Crippen molar-refractivity contribution in [2.75, 3.05) is 13.2 Å². The molecule has 0 radical (unpaired) electrons. The number of imidazole rings is 1. The second-order valence-corrected chi connectivity index (χ2v) is 5.65. The van der Waals surface area contributed by atoms with Gasteiger partial charge in [-0.05, 0) is 30.5 Å². The second kappa shape index (κ2) is 4.42. The lowest BCUT2D eigenvalue weighted by Gasteiger charge is -2.27. The average Bonchev–Trinajstić information content (AvgIpc) is 2.72. The van der Waals surface area contributed by atoms with Crippen molar-refractivity contribution in [3.05, 3.63) is 28.5 Å². The summed E-state index contributed by atoms with van der Waals surface area (Å²) >= 11 is 3.48. The minimum absolute atomic E-state index is 0.495. The van der Waals surface area contributed by atoms with Gasteiger partial charge in [-0.3, -0.25) is 0 Å². The maximum absolute atomic E-state index is 5.48. The van der Waals surface area contributed by atoms with Gasteiger partial charge in [0.1, 0.15) is 5.82 Å². The molecule has 0 saturated carbocycles. The highest BCUT2D eigenvalue weighted by Crippen LogP contribution is 2.31. The Labute approximate surface area is 109 Å². The first-order valence-electron chi connectivity index (χ1n) is 5.97. The first-order chi connectivity index (χ1) is 8.24. The summed E-state index contributed by atoms with van der Waals surface area (Å²) in [7, 11) is 0. The monoisotopic (exact) mass is 294 g/mol. The molecular weight excluding hydrogens is 280 g/mol. The number of nitrogens with zero attached hydrogens (tertiary/aromatic N) is 1. The quantitative estimate of drug-likeness (QED) is 0.875. The highest BCUT2D eigenvalue weighted by Gasteiger charge is 2.26. The van der Waals surface area contributed by atoms with E-state index in [-0.39, 0.29) is 0 Å². The van der Waals surface area contributed by atoms with Crippen molar-refractivity contribution >= 4 is 27.0 Å². The predicted octanol–water partition coefficient (Wildman–Crippen LogP) is 3.47. The van der Waals surface area contributed by atoms with Crippen LogP contribution in [0.1, 0.15) is 25.1 Å². The molecule has 1 saturated heterocycles. The average molecular weight is 295 g/mol. The van der Waals surface area contributed by atoms with E-state index in [2.05, 4.69) is 33.9 Å². The number of hydrogen-bond acceptors (Lipinski definition) is 2. The molecule has 2 atom stereocenters. The number of fused-ring (bicyclic) bond motifs is 1. The molecule has 1 fully saturated rings. The van der Waals surface area contributed by atoms with E-state index in [1.54, 1.807) is 0 Å². The van der Waals surface area contributed by atoms with E-state index in [9.17, 15) is 0 Å². The molecule has 3 rings (SSSR count). The molecule has 0 bridgehead atoms. The number of benzene rings is 1. The molecule has 1 aliphatic heterocycles. The molecule has 90 valence electrons. The first-order valence-corrected chi connectivity index (χ1v) is 6.76. The summed E-state index contributed by atoms with van der Waals surface area (Å²) in [5.41, 5.74) is 2.15. The molecule has 0 aliphatic carbocycles. The van der Waals surface area contributed by atoms with E-state index in [1.807, 2.05) is 12.1 Å². The molecule has 2 heterocycles. The molecule has 3 nitrogen and oxygen atoms in total. The number of nitrogens with one attached hydrogen (secondary N) is 1. The molecule has 2 unspecified atom stereocenters. The summed E-state index contributed by atoms with van der Waals surface area (Å²) in [6, 6.07) is 6.15. The Balaban J connectivity index is 1.99. The molecule has 1 aromatic heterocycles. The summed E-state index contributed by atoms with van der Waals surface area (Å²) in [6.07, 6.45) is 1.06. The van der Waals surface area contributed by atoms with Crippen molar-refractivity contribution in [2.24, 2.45) is 5.92 Å². The zero-order valence-electron chi connectivity index (χ0n) is 9.74. The molecule has 17 heavy (non-hydrogen) atoms. The number of aromatic amines is 1. The standard InChI is InChI=1S/C13H15BrN2O/c1-8-7-17-5-4-10(8)13-15-11-3-2-9(14)6-12(11)16-13/h2-3,6,8,10H,4-5,7H2,1H3,(H,15,16). The smallest absolute Gasteiger partial charge is 0.110 e. The molecule has 0 amide bonds. The van der Waals surface area contributed by atoms with E-state index in [4.69, 9.17) is 9.72 Å². The molecule has 1 aromatic carbocycles. The number of hydrogen-bond donors (Lipinski definition) is 1. The predicted molar refractivity (Wildman–Crippen MR) is 71.1 cm³/mol. The van der Waals surface area contributed by atoms with Gasteiger partial charge in [-0.2, -0.15) is 0 Å². The number of aromatic nitrogens is 2. The fourth-order valence-corrected chi connectivity index (χ4v) is 2.82. The van der Waals surface area contributed by atoms with E-state index < -0.39 is 0 Å². The van der Waals surface area contributed by atoms with Gasteiger partial charge in [0.15, 0.2) is 0 Å². The number of H-pyrrole nitrogens is 1. The van der Waals surface area contributed by atoms with Crippen molar-refractivity contribution in [3.8, 4) is 0 Å². The van der Waals surface area contributed by atoms with Crippen molar-refractivity contribution in [1.82, 2.24) is 9.97 Å². The Kier molecular flexibility index (Phi) is 2.92. The van der Waals surface area contributed by atoms with Gasteiger partial charge in [0.25, 0.3) is 0 Å². The van der Waals surface area contributed by atoms with Crippen LogP contribution in [0, 0.1) is 5.92 Å². The highest BCUT2D eigenvalue weighted by atomic mass is 79.9. The fourth-order valence-electron chi connectivity index (χ4n) is 2.46. The van der Waals surface area contributed by atoms with Crippen LogP contribution < -0.4 is 0 Å². The van der Waals surface area contributed by atoms with E-state index in [0.29, 0.717) is 11.8 Å². The maximum Gasteiger partial charge on any atom is 0.110 e. The second-order valence-electron chi connectivity index (χ2n) is 4.73. The Morgan fingerprint density at radius 3 is 3.18 bits per heavy atom. The Bertz CT molecular complexity index is 537. The summed E-state index contributed by atoms with van der Waals surface area (Å²) in [4.78, 5) is 8.14. The van der Waals surface area contributed by atoms with Gasteiger partial charge in [0.2, 0.25) is 0 Å². The van der Waals surface area contributed by atoms with Gasteiger partial charge >= 0.3 is 0 Å². The van der Waals surface area contributed by atoms with Gasteiger partial charge in [-0.1, -0.05) is 22.9 Å². The topological polar surface area (TPSA) is 37.9 Å². The lowest BCUT2D eigenvalue weighted by molar-refractivity contribution is 0.0455. The van der Waals surface area contributed by atoms with Crippen molar-refractivity contribution < 1.29 is 4.74 Å². The fraction of sp³-hybridized carbons (Fsp3) is 0.462. The zero-order valence-corrected chi connectivity index (χ0v) is 11.3. The lowest BCUT2D eigenvalue weighted by atomic mass is 9.89. The summed E-state index contributed by atoms with van der Waals surface area (Å²) in [6.45, 7) is 3.91. The highest BCUT2D eigenvalue weighted by molar-refractivity contribution is 9.10. The zero-order chi connectivity index (χ0) is 11.8. The first kappa shape index (κ1) is 11.2. The minimum Gasteiger partial charge on any atom is -0.381 e. The summed E-state index contributed by atoms with van der Waals surface area (Å²) in [5.74, 6) is 2.14. The Hall–Kier alpha value is -0.870. The van der Waals surface area contributed by atoms with Gasteiger partial charge < -0.3 is 9.72 Å². The maximum atomic E-state index is 5.48. The third-order valence-electron chi connectivity index (χ3n) is 3.45. The van der Waals surface area contributed by atoms with Crippen molar-refractivity contribution in [2.45, 2.75) is 19.3 Å². The van der Waals surface area contributed by atoms with Crippen LogP contribution in [0.2, 0.25) is 0 Å². The summed E-state index contributed by atoms with van der Waals surface area (Å²) in [5, 5.41) is 0. The van der Waals surface area contributed by atoms with Gasteiger partial charge in [0, 0.05) is 23.6 Å². The van der Waals surface area contributed by atoms with Crippen LogP contribution in [0.25, 0.3) is 11.0 Å². The third-order valence-corrected chi connectivity index (χ3v) is 3.95. The number of ether oxygens (including phenoxy) is 1. The van der Waals surface area contributed by atoms with Crippen LogP contribution in [0.3, 0.4) is 0 Å². The lowest BCUT2D eigenvalue weighted by Crippen LogP contribution is -2.24. The van der Waals surface area contributed by atoms with Crippen LogP contribution in [0.5, 0.6) is 0 Å². The third kappa shape index (κ3) is 2.11. The molecule has 0 spiro atoms. The molecule has 1 aliphatic rings. The van der Waals surface area contributed by atoms with E-state index in [1.165, 1.54) is 0 Å². The summed E-state index contributed by atoms with van der Waals surface area (Å²) < 4.78 is 6.56. The molecule has 4 heteroatoms. The van der Waals surface area contributed by atoms with Crippen molar-refractivity contribution in [3.63, 3.8) is 0 Å². The van der Waals surface area contributed by atoms with Gasteiger partial charge in [-0.15, -0.1) is 0 Å². The van der Waals surface area contributed by atoms with E-state index >= 15 is 0 Å². The van der Waals surface area contributed by atoms with Gasteiger partial charge in [0.05, 0.1) is 11.0 Å². The van der Waals surface area contributed by atoms with Crippen LogP contribution in [0.15, 0.2) is 22.7 Å². The Morgan fingerprint density at radius 1 is 1.47 bits per heavy atom. The Morgan fingerprint density at radius 2 is 2.35 bits per heavy atom. The SMILES string of the molecule is CC1COCCC1c1nc2ccc(Br)cc2[nH]1. The van der Waals surface area contributed by atoms with E-state index in [0.717, 1.165) is 41.0 Å². The largest absolute Gasteiger partial charge is 0.381 e. The minimum atomic E-state index is 0.495. The van der Waals surface area contributed by atoms with Crippen molar-refractivity contribution in [1.29, 1.82) is 0 Å². The van der Waals surface area contributed by atoms with Crippen LogP contribution in [0.4, 0.5) is 0 Å². The van der Waals surface area contributed by atoms with Crippen LogP contribution in [-0.4, -0.2) is 23.2 Å². The normalized spacial score (nSPS) is 25.3. The van der Waals surface area contributed by atoms with Gasteiger partial charge in [-0.25, -0.2) is 4.98 Å². The molecular formula is C13H15BrN2O. The van der Waals surface area contributed by atoms with Crippen LogP contribution in [-0.2, 0) is 4.74 Å². The molecule has 2 aromatic rings. The molecule has 1 N–H and O–H groups in total. The number of rotatable bonds is 1.